The van der Waals surface area contributed by atoms with Gasteiger partial charge in [-0.25, -0.2) is 13.8 Å². The second-order valence-corrected chi connectivity index (χ2v) is 7.59. The Hall–Kier alpha value is -3.30. The minimum Gasteiger partial charge on any atom is -0.496 e. The zero-order valence-electron chi connectivity index (χ0n) is 18.5. The molecule has 1 fully saturated rings. The van der Waals surface area contributed by atoms with Crippen molar-refractivity contribution in [3.8, 4) is 22.8 Å². The number of nitrogens with one attached hydrogen (secondary N) is 2. The van der Waals surface area contributed by atoms with E-state index in [9.17, 15) is 13.6 Å². The van der Waals surface area contributed by atoms with Gasteiger partial charge in [-0.15, -0.1) is 12.4 Å². The predicted molar refractivity (Wildman–Crippen MR) is 127 cm³/mol. The quantitative estimate of drug-likeness (QED) is 0.524. The topological polar surface area (TPSA) is 85.4 Å². The second-order valence-electron chi connectivity index (χ2n) is 7.59. The minimum atomic E-state index is -0.776. The number of methoxy groups -OCH3 is 1. The Morgan fingerprint density at radius 3 is 2.76 bits per heavy atom. The van der Waals surface area contributed by atoms with Crippen molar-refractivity contribution >= 4 is 24.0 Å². The van der Waals surface area contributed by atoms with E-state index >= 15 is 0 Å². The van der Waals surface area contributed by atoms with Crippen LogP contribution in [0, 0.1) is 11.6 Å². The lowest BCUT2D eigenvalue weighted by molar-refractivity contribution is 0.102. The number of anilines is 1. The van der Waals surface area contributed by atoms with Gasteiger partial charge in [0.25, 0.3) is 5.91 Å². The fraction of sp³-hybridized carbons (Fsp3) is 0.292. The van der Waals surface area contributed by atoms with Crippen LogP contribution in [0.25, 0.3) is 11.3 Å². The first-order valence-electron chi connectivity index (χ1n) is 10.7. The van der Waals surface area contributed by atoms with Gasteiger partial charge in [0.05, 0.1) is 18.9 Å². The predicted octanol–water partition coefficient (Wildman–Crippen LogP) is 4.63. The molecule has 4 rings (SSSR count). The van der Waals surface area contributed by atoms with Gasteiger partial charge in [0.1, 0.15) is 46.3 Å². The van der Waals surface area contributed by atoms with Gasteiger partial charge in [-0.1, -0.05) is 6.07 Å². The van der Waals surface area contributed by atoms with E-state index in [0.29, 0.717) is 11.4 Å². The molecule has 7 nitrogen and oxygen atoms in total. The summed E-state index contributed by atoms with van der Waals surface area (Å²) < 4.78 is 40.3. The van der Waals surface area contributed by atoms with Gasteiger partial charge in [-0.2, -0.15) is 0 Å². The Morgan fingerprint density at radius 2 is 1.94 bits per heavy atom. The lowest BCUT2D eigenvalue weighted by Crippen LogP contribution is -2.21. The Bertz CT molecular complexity index is 1140. The summed E-state index contributed by atoms with van der Waals surface area (Å²) in [6.07, 6.45) is 5.82. The van der Waals surface area contributed by atoms with Gasteiger partial charge >= 0.3 is 0 Å². The van der Waals surface area contributed by atoms with Crippen LogP contribution >= 0.6 is 12.4 Å². The van der Waals surface area contributed by atoms with E-state index in [4.69, 9.17) is 9.47 Å². The van der Waals surface area contributed by atoms with E-state index in [1.807, 2.05) is 0 Å². The molecule has 2 N–H and O–H groups in total. The highest BCUT2D eigenvalue weighted by atomic mass is 35.5. The molecule has 0 bridgehead atoms. The summed E-state index contributed by atoms with van der Waals surface area (Å²) >= 11 is 0. The van der Waals surface area contributed by atoms with Crippen LogP contribution in [0.4, 0.5) is 14.5 Å². The van der Waals surface area contributed by atoms with E-state index in [1.54, 1.807) is 12.3 Å². The molecule has 0 spiro atoms. The van der Waals surface area contributed by atoms with Gasteiger partial charge in [0.2, 0.25) is 0 Å². The second kappa shape index (κ2) is 11.7. The summed E-state index contributed by atoms with van der Waals surface area (Å²) in [5.41, 5.74) is -0.188. The number of benzene rings is 1. The molecule has 34 heavy (non-hydrogen) atoms. The fourth-order valence-corrected chi connectivity index (χ4v) is 3.70. The summed E-state index contributed by atoms with van der Waals surface area (Å²) in [7, 11) is 1.35. The number of hydrogen-bond donors (Lipinski definition) is 2. The Labute approximate surface area is 202 Å². The number of carbonyl (C=O) groups is 1. The lowest BCUT2D eigenvalue weighted by Gasteiger charge is -2.19. The largest absolute Gasteiger partial charge is 0.496 e. The molecule has 10 heteroatoms. The molecule has 0 aliphatic carbocycles. The zero-order chi connectivity index (χ0) is 23.2. The molecule has 2 aromatic heterocycles. The van der Waals surface area contributed by atoms with Crippen LogP contribution in [0.2, 0.25) is 0 Å². The zero-order valence-corrected chi connectivity index (χ0v) is 19.3. The number of rotatable bonds is 6. The van der Waals surface area contributed by atoms with Gasteiger partial charge < -0.3 is 20.1 Å². The average Bonchev–Trinajstić information content (AvgIpc) is 3.09. The van der Waals surface area contributed by atoms with E-state index in [-0.39, 0.29) is 41.2 Å². The van der Waals surface area contributed by atoms with Crippen LogP contribution in [0.3, 0.4) is 0 Å². The molecule has 1 saturated heterocycles. The van der Waals surface area contributed by atoms with Crippen molar-refractivity contribution in [2.24, 2.45) is 0 Å². The van der Waals surface area contributed by atoms with Crippen LogP contribution in [-0.2, 0) is 0 Å². The first-order valence-corrected chi connectivity index (χ1v) is 10.7. The van der Waals surface area contributed by atoms with Crippen LogP contribution in [0.5, 0.6) is 11.5 Å². The Kier molecular flexibility index (Phi) is 8.72. The van der Waals surface area contributed by atoms with Gasteiger partial charge in [-0.3, -0.25) is 9.78 Å². The maximum absolute atomic E-state index is 14.5. The van der Waals surface area contributed by atoms with Crippen molar-refractivity contribution in [3.05, 3.63) is 66.1 Å². The molecule has 1 amide bonds. The smallest absolute Gasteiger partial charge is 0.274 e. The van der Waals surface area contributed by atoms with Crippen LogP contribution in [0.15, 0.2) is 48.8 Å². The molecule has 1 aliphatic heterocycles. The Morgan fingerprint density at radius 1 is 1.09 bits per heavy atom. The highest BCUT2D eigenvalue weighted by Crippen LogP contribution is 2.33. The number of ether oxygens (including phenoxy) is 2. The molecule has 3 heterocycles. The summed E-state index contributed by atoms with van der Waals surface area (Å²) in [6.45, 7) is 1.81. The third kappa shape index (κ3) is 5.78. The number of hydrogen-bond acceptors (Lipinski definition) is 6. The summed E-state index contributed by atoms with van der Waals surface area (Å²) in [6, 6.07) is 8.10. The highest BCUT2D eigenvalue weighted by Gasteiger charge is 2.21. The van der Waals surface area contributed by atoms with Crippen molar-refractivity contribution in [2.75, 3.05) is 25.5 Å². The standard InChI is InChI=1S/C24H24F2N4O3.ClH/c1-32-21-6-2-5-16(25)22(21)23-17(26)7-8-18(29-23)24(31)30-19-14-28-13-10-20(19)33-15-4-3-11-27-12-9-15;/h2,5-8,10,13-15,27H,3-4,9,11-12H2,1H3,(H,30,31);1H. The van der Waals surface area contributed by atoms with E-state index < -0.39 is 17.5 Å². The number of nitrogens with zero attached hydrogens (tertiary/aromatic N) is 2. The summed E-state index contributed by atoms with van der Waals surface area (Å²) in [4.78, 5) is 21.1. The molecular weight excluding hydrogens is 466 g/mol. The summed E-state index contributed by atoms with van der Waals surface area (Å²) in [5, 5.41) is 6.05. The first-order chi connectivity index (χ1) is 16.1. The maximum atomic E-state index is 14.5. The van der Waals surface area contributed by atoms with Crippen molar-refractivity contribution in [3.63, 3.8) is 0 Å². The number of carbonyl (C=O) groups excluding carboxylic acids is 1. The minimum absolute atomic E-state index is 0. The fourth-order valence-electron chi connectivity index (χ4n) is 3.70. The molecule has 1 aromatic carbocycles. The highest BCUT2D eigenvalue weighted by molar-refractivity contribution is 6.03. The number of pyridine rings is 2. The van der Waals surface area contributed by atoms with Gasteiger partial charge in [0.15, 0.2) is 0 Å². The number of amides is 1. The van der Waals surface area contributed by atoms with Crippen LogP contribution < -0.4 is 20.1 Å². The third-order valence-corrected chi connectivity index (χ3v) is 5.36. The number of halogens is 3. The van der Waals surface area contributed by atoms with Crippen molar-refractivity contribution in [2.45, 2.75) is 25.4 Å². The number of aromatic nitrogens is 2. The summed E-state index contributed by atoms with van der Waals surface area (Å²) in [5.74, 6) is -1.49. The molecule has 1 atom stereocenters. The van der Waals surface area contributed by atoms with Crippen molar-refractivity contribution in [1.29, 1.82) is 0 Å². The average molecular weight is 491 g/mol. The lowest BCUT2D eigenvalue weighted by atomic mass is 10.1. The first kappa shape index (κ1) is 25.3. The van der Waals surface area contributed by atoms with Gasteiger partial charge in [0, 0.05) is 12.3 Å². The maximum Gasteiger partial charge on any atom is 0.274 e. The van der Waals surface area contributed by atoms with E-state index in [1.165, 1.54) is 37.6 Å². The molecule has 0 saturated carbocycles. The van der Waals surface area contributed by atoms with Crippen LogP contribution in [0.1, 0.15) is 29.8 Å². The molecular formula is C24H25ClF2N4O3. The molecule has 1 unspecified atom stereocenters. The molecule has 180 valence electrons. The third-order valence-electron chi connectivity index (χ3n) is 5.36. The van der Waals surface area contributed by atoms with Gasteiger partial charge in [-0.05, 0) is 56.6 Å². The molecule has 1 aliphatic rings. The SMILES string of the molecule is COc1cccc(F)c1-c1nc(C(=O)Nc2cnccc2OC2CCCNCC2)ccc1F.Cl. The van der Waals surface area contributed by atoms with E-state index in [0.717, 1.165) is 38.4 Å². The van der Waals surface area contributed by atoms with E-state index in [2.05, 4.69) is 20.6 Å². The van der Waals surface area contributed by atoms with Crippen molar-refractivity contribution < 1.29 is 23.0 Å². The monoisotopic (exact) mass is 490 g/mol. The molecule has 0 radical (unpaired) electrons. The van der Waals surface area contributed by atoms with Crippen LogP contribution in [-0.4, -0.2) is 42.2 Å². The molecule has 3 aromatic rings. The Balaban J connectivity index is 0.00000324. The normalized spacial score (nSPS) is 15.6. The van der Waals surface area contributed by atoms with Crippen molar-refractivity contribution in [1.82, 2.24) is 15.3 Å².